The first-order chi connectivity index (χ1) is 29.2. The summed E-state index contributed by atoms with van der Waals surface area (Å²) in [4.78, 5) is 110. The maximum Gasteiger partial charge on any atom is 0.514 e. The molecule has 62 heavy (non-hydrogen) atoms. The number of aromatic amines is 1. The summed E-state index contributed by atoms with van der Waals surface area (Å²) in [7, 11) is 0. The van der Waals surface area contributed by atoms with E-state index in [-0.39, 0.29) is 38.0 Å². The van der Waals surface area contributed by atoms with Crippen LogP contribution in [0.5, 0.6) is 5.75 Å². The summed E-state index contributed by atoms with van der Waals surface area (Å²) in [5.74, 6) is -5.93. The lowest BCUT2D eigenvalue weighted by molar-refractivity contribution is -0.138. The van der Waals surface area contributed by atoms with Crippen LogP contribution in [0, 0.1) is 5.92 Å². The van der Waals surface area contributed by atoms with Gasteiger partial charge < -0.3 is 56.6 Å². The molecule has 3 aromatic rings. The van der Waals surface area contributed by atoms with Crippen molar-refractivity contribution in [2.24, 2.45) is 11.7 Å². The van der Waals surface area contributed by atoms with Gasteiger partial charge in [0.2, 0.25) is 29.5 Å². The number of benzene rings is 2. The molecule has 0 saturated heterocycles. The Bertz CT molecular complexity index is 2020. The van der Waals surface area contributed by atoms with Crippen molar-refractivity contribution in [2.45, 2.75) is 103 Å². The van der Waals surface area contributed by atoms with Crippen LogP contribution in [-0.2, 0) is 57.7 Å². The van der Waals surface area contributed by atoms with Gasteiger partial charge in [-0.15, -0.1) is 0 Å². The van der Waals surface area contributed by atoms with Gasteiger partial charge in [0.15, 0.2) is 0 Å². The lowest BCUT2D eigenvalue weighted by Gasteiger charge is -2.29. The topological polar surface area (TPSA) is 299 Å². The Balaban J connectivity index is 1.79. The van der Waals surface area contributed by atoms with Gasteiger partial charge in [-0.1, -0.05) is 66.5 Å². The van der Waals surface area contributed by atoms with Crippen molar-refractivity contribution >= 4 is 63.7 Å². The number of carboxylic acid groups (broad SMARTS) is 1. The molecule has 0 aliphatic carbocycles. The number of ether oxygens (including phenoxy) is 3. The number of aliphatic carboxylic acids is 1. The molecule has 9 N–H and O–H groups in total. The van der Waals surface area contributed by atoms with E-state index < -0.39 is 90.0 Å². The molecule has 6 amide bonds. The number of carbonyl (C=O) groups excluding carboxylic acids is 7. The Morgan fingerprint density at radius 3 is 2.10 bits per heavy atom. The largest absolute Gasteiger partial charge is 0.514 e. The van der Waals surface area contributed by atoms with Gasteiger partial charge in [-0.05, 0) is 56.9 Å². The number of amides is 6. The van der Waals surface area contributed by atoms with E-state index in [1.807, 2.05) is 6.07 Å². The lowest BCUT2D eigenvalue weighted by Crippen LogP contribution is -2.60. The average molecular weight is 930 g/mol. The van der Waals surface area contributed by atoms with Crippen molar-refractivity contribution in [3.05, 3.63) is 82.3 Å². The zero-order chi connectivity index (χ0) is 46.0. The third-order valence-electron chi connectivity index (χ3n) is 9.01. The molecule has 3 rings (SSSR count). The van der Waals surface area contributed by atoms with Gasteiger partial charge in [-0.25, -0.2) is 14.6 Å². The number of carbonyl (C=O) groups is 8. The van der Waals surface area contributed by atoms with E-state index in [1.165, 1.54) is 36.8 Å². The summed E-state index contributed by atoms with van der Waals surface area (Å²) in [6.45, 7) is 7.52. The molecule has 20 nitrogen and oxygen atoms in total. The fraction of sp³-hybridized carbons (Fsp3) is 0.439. The number of carboxylic acids is 1. The molecule has 0 unspecified atom stereocenters. The number of halogens is 1. The smallest absolute Gasteiger partial charge is 0.480 e. The minimum Gasteiger partial charge on any atom is -0.480 e. The molecular weight excluding hydrogens is 876 g/mol. The Hall–Kier alpha value is -6.51. The van der Waals surface area contributed by atoms with Crippen molar-refractivity contribution in [1.82, 2.24) is 36.6 Å². The number of hydrogen-bond donors (Lipinski definition) is 8. The molecular formula is C41H53BrN8O12. The predicted molar refractivity (Wildman–Crippen MR) is 225 cm³/mol. The van der Waals surface area contributed by atoms with Crippen LogP contribution in [-0.4, -0.2) is 99.1 Å². The second-order valence-electron chi connectivity index (χ2n) is 15.2. The van der Waals surface area contributed by atoms with Crippen molar-refractivity contribution in [1.29, 1.82) is 0 Å². The van der Waals surface area contributed by atoms with Crippen molar-refractivity contribution in [3.63, 3.8) is 0 Å². The normalized spacial score (nSPS) is 13.5. The monoisotopic (exact) mass is 928 g/mol. The van der Waals surface area contributed by atoms with E-state index in [0.717, 1.165) is 10.0 Å². The van der Waals surface area contributed by atoms with Gasteiger partial charge in [0, 0.05) is 41.2 Å². The highest BCUT2D eigenvalue weighted by molar-refractivity contribution is 9.10. The molecule has 1 aromatic heterocycles. The highest BCUT2D eigenvalue weighted by Gasteiger charge is 2.34. The SMILES string of the molecule is CC[C@H](C)[C@H](NC(=O)[C@H](CCC(N)=O)NC(=O)[C@H](Cc1cnc[nH]1)NC(=O)OC(C)(C)C)C(=O)N[C@@H](Cc1ccc(OC(=O)OCc2ccccc2Br)cc1)C(=O)NCC(=O)O. The maximum absolute atomic E-state index is 14.0. The standard InChI is InChI=1S/C41H53BrN8O12/c1-6-23(2)34(50-36(55)29(15-16-32(43)51)47-37(56)31(18-26-19-44-22-46-26)49-39(58)62-41(3,4)5)38(57)48-30(35(54)45-20-33(52)53)17-24-11-13-27(14-12-24)61-40(59)60-21-25-9-7-8-10-28(25)42/h7-14,19,22-23,29-31,34H,6,15-18,20-21H2,1-5H3,(H2,43,51)(H,44,46)(H,45,54)(H,47,56)(H,48,57)(H,49,58)(H,50,55)(H,52,53)/t23-,29-,30-,31-,34-/m0/s1. The van der Waals surface area contributed by atoms with E-state index >= 15 is 0 Å². The van der Waals surface area contributed by atoms with Crippen LogP contribution in [0.3, 0.4) is 0 Å². The summed E-state index contributed by atoms with van der Waals surface area (Å²) >= 11 is 3.38. The number of H-pyrrole nitrogens is 1. The number of hydrogen-bond acceptors (Lipinski definition) is 12. The van der Waals surface area contributed by atoms with Gasteiger partial charge in [0.25, 0.3) is 0 Å². The molecule has 0 saturated carbocycles. The second-order valence-corrected chi connectivity index (χ2v) is 16.0. The fourth-order valence-electron chi connectivity index (χ4n) is 5.62. The highest BCUT2D eigenvalue weighted by atomic mass is 79.9. The van der Waals surface area contributed by atoms with Crippen LogP contribution in [0.15, 0.2) is 65.5 Å². The van der Waals surface area contributed by atoms with Crippen LogP contribution in [0.1, 0.15) is 70.7 Å². The minimum atomic E-state index is -1.44. The molecule has 5 atom stereocenters. The predicted octanol–water partition coefficient (Wildman–Crippen LogP) is 2.53. The van der Waals surface area contributed by atoms with Gasteiger partial charge in [-0.2, -0.15) is 0 Å². The zero-order valence-corrected chi connectivity index (χ0v) is 36.5. The quantitative estimate of drug-likeness (QED) is 0.0532. The number of nitrogens with two attached hydrogens (primary N) is 1. The van der Waals surface area contributed by atoms with Crippen LogP contribution in [0.25, 0.3) is 0 Å². The summed E-state index contributed by atoms with van der Waals surface area (Å²) in [6, 6.07) is 7.70. The first-order valence-electron chi connectivity index (χ1n) is 19.6. The van der Waals surface area contributed by atoms with Crippen LogP contribution in [0.2, 0.25) is 0 Å². The first-order valence-corrected chi connectivity index (χ1v) is 20.4. The van der Waals surface area contributed by atoms with E-state index in [9.17, 15) is 43.5 Å². The second kappa shape index (κ2) is 24.1. The molecule has 0 bridgehead atoms. The van der Waals surface area contributed by atoms with Gasteiger partial charge in [-0.3, -0.25) is 28.8 Å². The van der Waals surface area contributed by atoms with E-state index in [1.54, 1.807) is 52.8 Å². The van der Waals surface area contributed by atoms with Gasteiger partial charge in [0.05, 0.1) is 6.33 Å². The third kappa shape index (κ3) is 17.6. The number of alkyl carbamates (subject to hydrolysis) is 1. The number of primary amides is 1. The molecule has 0 fully saturated rings. The maximum atomic E-state index is 14.0. The minimum absolute atomic E-state index is 0.0492. The van der Waals surface area contributed by atoms with Crippen molar-refractivity contribution in [2.75, 3.05) is 6.54 Å². The molecule has 0 radical (unpaired) electrons. The first kappa shape index (κ1) is 49.8. The molecule has 21 heteroatoms. The Morgan fingerprint density at radius 2 is 1.50 bits per heavy atom. The van der Waals surface area contributed by atoms with Gasteiger partial charge >= 0.3 is 18.2 Å². The lowest BCUT2D eigenvalue weighted by atomic mass is 9.96. The van der Waals surface area contributed by atoms with Gasteiger partial charge in [0.1, 0.15) is 48.7 Å². The molecule has 336 valence electrons. The average Bonchev–Trinajstić information content (AvgIpc) is 3.72. The number of nitrogens with one attached hydrogen (secondary N) is 6. The van der Waals surface area contributed by atoms with Crippen LogP contribution < -0.4 is 37.1 Å². The number of nitrogens with zero attached hydrogens (tertiary/aromatic N) is 1. The number of rotatable bonds is 22. The number of imidazole rings is 1. The van der Waals surface area contributed by atoms with E-state index in [2.05, 4.69) is 52.5 Å². The zero-order valence-electron chi connectivity index (χ0n) is 35.0. The van der Waals surface area contributed by atoms with Crippen LogP contribution in [0.4, 0.5) is 9.59 Å². The Kier molecular flexibility index (Phi) is 19.3. The van der Waals surface area contributed by atoms with Crippen LogP contribution >= 0.6 is 15.9 Å². The highest BCUT2D eigenvalue weighted by Crippen LogP contribution is 2.19. The Labute approximate surface area is 366 Å². The molecule has 2 aromatic carbocycles. The van der Waals surface area contributed by atoms with E-state index in [0.29, 0.717) is 17.7 Å². The summed E-state index contributed by atoms with van der Waals surface area (Å²) < 4.78 is 16.5. The molecule has 1 heterocycles. The molecule has 0 aliphatic rings. The summed E-state index contributed by atoms with van der Waals surface area (Å²) in [5.41, 5.74) is 6.14. The van der Waals surface area contributed by atoms with E-state index in [4.69, 9.17) is 19.9 Å². The Morgan fingerprint density at radius 1 is 0.855 bits per heavy atom. The van der Waals surface area contributed by atoms with Crippen molar-refractivity contribution in [3.8, 4) is 5.75 Å². The molecule has 0 spiro atoms. The third-order valence-corrected chi connectivity index (χ3v) is 9.78. The fourth-order valence-corrected chi connectivity index (χ4v) is 6.02. The van der Waals surface area contributed by atoms with Crippen molar-refractivity contribution < 1.29 is 57.7 Å². The summed E-state index contributed by atoms with van der Waals surface area (Å²) in [5, 5.41) is 21.7. The number of aromatic nitrogens is 2. The summed E-state index contributed by atoms with van der Waals surface area (Å²) in [6.07, 6.45) is 0.411. The molecule has 0 aliphatic heterocycles.